The molecule has 0 aliphatic carbocycles. The van der Waals surface area contributed by atoms with Gasteiger partial charge < -0.3 is 24.3 Å². The molecule has 2 aromatic carbocycles. The predicted octanol–water partition coefficient (Wildman–Crippen LogP) is 2.58. The van der Waals surface area contributed by atoms with Gasteiger partial charge in [0, 0.05) is 25.1 Å². The van der Waals surface area contributed by atoms with E-state index >= 15 is 0 Å². The van der Waals surface area contributed by atoms with Crippen molar-refractivity contribution in [3.8, 4) is 23.0 Å². The van der Waals surface area contributed by atoms with Crippen LogP contribution >= 0.6 is 0 Å². The summed E-state index contributed by atoms with van der Waals surface area (Å²) in [6.07, 6.45) is 1.66. The molecule has 0 unspecified atom stereocenters. The Balaban J connectivity index is 1.97. The lowest BCUT2D eigenvalue weighted by Crippen LogP contribution is -2.32. The third kappa shape index (κ3) is 6.43. The predicted molar refractivity (Wildman–Crippen MR) is 122 cm³/mol. The normalized spacial score (nSPS) is 10.9. The van der Waals surface area contributed by atoms with E-state index in [1.54, 1.807) is 43.5 Å². The summed E-state index contributed by atoms with van der Waals surface area (Å²) in [5, 5.41) is 2.83. The minimum absolute atomic E-state index is 0.164. The quantitative estimate of drug-likeness (QED) is 0.513. The summed E-state index contributed by atoms with van der Waals surface area (Å²) in [6, 6.07) is 10.2. The van der Waals surface area contributed by atoms with Crippen molar-refractivity contribution in [2.24, 2.45) is 0 Å². The number of hydrogen-bond acceptors (Lipinski definition) is 7. The highest BCUT2D eigenvalue weighted by Crippen LogP contribution is 2.39. The van der Waals surface area contributed by atoms with Crippen LogP contribution in [0.2, 0.25) is 0 Å². The highest BCUT2D eigenvalue weighted by molar-refractivity contribution is 7.92. The van der Waals surface area contributed by atoms with Gasteiger partial charge in [0.25, 0.3) is 0 Å². The zero-order valence-electron chi connectivity index (χ0n) is 19.0. The van der Waals surface area contributed by atoms with Crippen LogP contribution in [0.15, 0.2) is 36.4 Å². The van der Waals surface area contributed by atoms with Crippen molar-refractivity contribution in [3.05, 3.63) is 42.0 Å². The van der Waals surface area contributed by atoms with Crippen LogP contribution in [0.25, 0.3) is 0 Å². The molecule has 32 heavy (non-hydrogen) atoms. The smallest absolute Gasteiger partial charge is 0.232 e. The molecule has 0 aliphatic rings. The van der Waals surface area contributed by atoms with E-state index in [4.69, 9.17) is 18.9 Å². The van der Waals surface area contributed by atoms with E-state index in [1.165, 1.54) is 25.6 Å². The second-order valence-corrected chi connectivity index (χ2v) is 8.81. The van der Waals surface area contributed by atoms with E-state index < -0.39 is 10.0 Å². The summed E-state index contributed by atoms with van der Waals surface area (Å²) < 4.78 is 46.8. The zero-order chi connectivity index (χ0) is 23.7. The van der Waals surface area contributed by atoms with Gasteiger partial charge in [-0.25, -0.2) is 8.42 Å². The fourth-order valence-corrected chi connectivity index (χ4v) is 4.17. The SMILES string of the molecule is COc1ccc(N(CCCC(=O)NCc2ccc(OC)c(OC)c2OC)S(C)(=O)=O)cc1. The van der Waals surface area contributed by atoms with Gasteiger partial charge in [0.15, 0.2) is 11.5 Å². The van der Waals surface area contributed by atoms with Crippen molar-refractivity contribution in [2.45, 2.75) is 19.4 Å². The van der Waals surface area contributed by atoms with Crippen LogP contribution in [-0.4, -0.2) is 55.6 Å². The Morgan fingerprint density at radius 3 is 2.09 bits per heavy atom. The molecule has 1 amide bonds. The number of carbonyl (C=O) groups is 1. The Bertz CT molecular complexity index is 1010. The van der Waals surface area contributed by atoms with Gasteiger partial charge in [0.05, 0.1) is 40.4 Å². The van der Waals surface area contributed by atoms with E-state index in [0.717, 1.165) is 11.8 Å². The molecule has 1 N–H and O–H groups in total. The number of nitrogens with one attached hydrogen (secondary N) is 1. The van der Waals surface area contributed by atoms with Crippen LogP contribution in [0, 0.1) is 0 Å². The van der Waals surface area contributed by atoms with Crippen molar-refractivity contribution in [1.82, 2.24) is 5.32 Å². The highest BCUT2D eigenvalue weighted by Gasteiger charge is 2.19. The lowest BCUT2D eigenvalue weighted by atomic mass is 10.1. The average molecular weight is 467 g/mol. The topological polar surface area (TPSA) is 103 Å². The third-order valence-electron chi connectivity index (χ3n) is 4.79. The molecule has 0 aliphatic heterocycles. The van der Waals surface area contributed by atoms with Gasteiger partial charge in [-0.2, -0.15) is 0 Å². The van der Waals surface area contributed by atoms with E-state index in [9.17, 15) is 13.2 Å². The Morgan fingerprint density at radius 1 is 0.906 bits per heavy atom. The maximum absolute atomic E-state index is 12.4. The van der Waals surface area contributed by atoms with Crippen LogP contribution < -0.4 is 28.6 Å². The van der Waals surface area contributed by atoms with Gasteiger partial charge in [-0.15, -0.1) is 0 Å². The molecule has 2 rings (SSSR count). The fraction of sp³-hybridized carbons (Fsp3) is 0.409. The molecule has 0 atom stereocenters. The number of sulfonamides is 1. The molecule has 0 radical (unpaired) electrons. The van der Waals surface area contributed by atoms with Crippen LogP contribution in [0.1, 0.15) is 18.4 Å². The number of nitrogens with zero attached hydrogens (tertiary/aromatic N) is 1. The second kappa shape index (κ2) is 11.5. The summed E-state index contributed by atoms with van der Waals surface area (Å²) in [5.41, 5.74) is 1.25. The molecule has 0 bridgehead atoms. The van der Waals surface area contributed by atoms with Crippen molar-refractivity contribution >= 4 is 21.6 Å². The number of carbonyl (C=O) groups excluding carboxylic acids is 1. The van der Waals surface area contributed by atoms with Gasteiger partial charge in [0.2, 0.25) is 21.7 Å². The molecular formula is C22H30N2O7S. The minimum Gasteiger partial charge on any atom is -0.497 e. The minimum atomic E-state index is -3.50. The first kappa shape index (κ1) is 25.1. The van der Waals surface area contributed by atoms with Crippen LogP contribution in [-0.2, 0) is 21.4 Å². The standard InChI is InChI=1S/C22H30N2O7S/c1-28-18-11-9-17(10-12-18)24(32(5,26)27)14-6-7-20(25)23-15-16-8-13-19(29-2)22(31-4)21(16)30-3/h8-13H,6-7,14-15H2,1-5H3,(H,23,25). The number of benzene rings is 2. The number of amides is 1. The molecule has 10 heteroatoms. The van der Waals surface area contributed by atoms with E-state index in [2.05, 4.69) is 5.32 Å². The first-order chi connectivity index (χ1) is 15.2. The Morgan fingerprint density at radius 2 is 1.56 bits per heavy atom. The van der Waals surface area contributed by atoms with Crippen LogP contribution in [0.4, 0.5) is 5.69 Å². The molecule has 0 spiro atoms. The molecule has 0 saturated carbocycles. The maximum Gasteiger partial charge on any atom is 0.232 e. The van der Waals surface area contributed by atoms with Gasteiger partial charge in [0.1, 0.15) is 5.75 Å². The van der Waals surface area contributed by atoms with Crippen LogP contribution in [0.5, 0.6) is 23.0 Å². The van der Waals surface area contributed by atoms with Crippen molar-refractivity contribution in [2.75, 3.05) is 45.5 Å². The van der Waals surface area contributed by atoms with Gasteiger partial charge >= 0.3 is 0 Å². The van der Waals surface area contributed by atoms with Crippen molar-refractivity contribution < 1.29 is 32.2 Å². The Hall–Kier alpha value is -3.14. The van der Waals surface area contributed by atoms with Crippen molar-refractivity contribution in [1.29, 1.82) is 0 Å². The molecule has 2 aromatic rings. The van der Waals surface area contributed by atoms with Crippen molar-refractivity contribution in [3.63, 3.8) is 0 Å². The number of methoxy groups -OCH3 is 4. The number of anilines is 1. The molecule has 0 fully saturated rings. The second-order valence-electron chi connectivity index (χ2n) is 6.91. The molecule has 0 heterocycles. The van der Waals surface area contributed by atoms with Gasteiger partial charge in [-0.3, -0.25) is 9.10 Å². The summed E-state index contributed by atoms with van der Waals surface area (Å²) in [6.45, 7) is 0.412. The molecule has 0 aromatic heterocycles. The lowest BCUT2D eigenvalue weighted by molar-refractivity contribution is -0.121. The molecule has 176 valence electrons. The number of rotatable bonds is 12. The molecule has 0 saturated heterocycles. The van der Waals surface area contributed by atoms with Crippen LogP contribution in [0.3, 0.4) is 0 Å². The zero-order valence-corrected chi connectivity index (χ0v) is 19.8. The Kier molecular flexibility index (Phi) is 9.01. The van der Waals surface area contributed by atoms with E-state index in [0.29, 0.717) is 35.1 Å². The summed E-state index contributed by atoms with van der Waals surface area (Å²) in [5.74, 6) is 1.89. The Labute approximate surface area is 189 Å². The fourth-order valence-electron chi connectivity index (χ4n) is 3.20. The number of hydrogen-bond donors (Lipinski definition) is 1. The maximum atomic E-state index is 12.4. The van der Waals surface area contributed by atoms with Gasteiger partial charge in [-0.05, 0) is 42.8 Å². The molecular weight excluding hydrogens is 436 g/mol. The average Bonchev–Trinajstić information content (AvgIpc) is 2.78. The number of ether oxygens (including phenoxy) is 4. The largest absolute Gasteiger partial charge is 0.497 e. The first-order valence-electron chi connectivity index (χ1n) is 9.91. The van der Waals surface area contributed by atoms with E-state index in [1.807, 2.05) is 0 Å². The first-order valence-corrected chi connectivity index (χ1v) is 11.8. The summed E-state index contributed by atoms with van der Waals surface area (Å²) in [4.78, 5) is 12.4. The third-order valence-corrected chi connectivity index (χ3v) is 5.98. The highest BCUT2D eigenvalue weighted by atomic mass is 32.2. The summed E-state index contributed by atoms with van der Waals surface area (Å²) >= 11 is 0. The molecule has 9 nitrogen and oxygen atoms in total. The monoisotopic (exact) mass is 466 g/mol. The van der Waals surface area contributed by atoms with Gasteiger partial charge in [-0.1, -0.05) is 0 Å². The van der Waals surface area contributed by atoms with E-state index in [-0.39, 0.29) is 25.4 Å². The lowest BCUT2D eigenvalue weighted by Gasteiger charge is -2.22. The summed E-state index contributed by atoms with van der Waals surface area (Å²) in [7, 11) is 2.61.